The van der Waals surface area contributed by atoms with E-state index in [1.807, 2.05) is 30.4 Å². The summed E-state index contributed by atoms with van der Waals surface area (Å²) >= 11 is 5.69. The summed E-state index contributed by atoms with van der Waals surface area (Å²) in [5.41, 5.74) is 1.79. The van der Waals surface area contributed by atoms with Crippen LogP contribution < -0.4 is 5.56 Å². The average molecular weight is 575 g/mol. The van der Waals surface area contributed by atoms with Crippen molar-refractivity contribution in [1.29, 1.82) is 0 Å². The summed E-state index contributed by atoms with van der Waals surface area (Å²) in [5.74, 6) is -2.20. The Balaban J connectivity index is 1.86. The molecule has 3 heterocycles. The first kappa shape index (κ1) is 22.7. The maximum atomic E-state index is 14.1. The Morgan fingerprint density at radius 2 is 2.10 bits per heavy atom. The van der Waals surface area contributed by atoms with Crippen molar-refractivity contribution >= 4 is 52.8 Å². The molecule has 1 atom stereocenters. The summed E-state index contributed by atoms with van der Waals surface area (Å²) in [4.78, 5) is 21.1. The molecule has 0 radical (unpaired) electrons. The Morgan fingerprint density at radius 1 is 1.35 bits per heavy atom. The van der Waals surface area contributed by atoms with Crippen molar-refractivity contribution in [2.24, 2.45) is 7.05 Å². The van der Waals surface area contributed by atoms with Gasteiger partial charge in [0.2, 0.25) is 0 Å². The predicted octanol–water partition coefficient (Wildman–Crippen LogP) is 6.60. The van der Waals surface area contributed by atoms with E-state index in [-0.39, 0.29) is 17.2 Å². The summed E-state index contributed by atoms with van der Waals surface area (Å²) < 4.78 is 31.0. The fourth-order valence-electron chi connectivity index (χ4n) is 3.77. The number of aromatic nitrogens is 2. The number of hydrogen-bond acceptors (Lipinski definition) is 3. The van der Waals surface area contributed by atoms with Gasteiger partial charge in [0.15, 0.2) is 0 Å². The van der Waals surface area contributed by atoms with Crippen molar-refractivity contribution in [2.45, 2.75) is 30.6 Å². The van der Waals surface area contributed by atoms with E-state index >= 15 is 0 Å². The summed E-state index contributed by atoms with van der Waals surface area (Å²) in [5, 5.41) is 0.688. The number of thioether (sulfide) groups is 1. The second-order valence-corrected chi connectivity index (χ2v) is 14.1. The first-order valence-electron chi connectivity index (χ1n) is 9.75. The summed E-state index contributed by atoms with van der Waals surface area (Å²) in [6, 6.07) is 5.54. The molecular weight excluding hydrogens is 553 g/mol. The SMILES string of the molecule is CCSc1ccc(C2C=CC(Cl)=C2)nc1C1=Cc2cc(C(C)(F)F)n(C)c(=O)c2I1C. The van der Waals surface area contributed by atoms with E-state index in [2.05, 4.69) is 17.9 Å². The standard InChI is InChI=1S/C23H22ClF2IN2OS/c1-5-31-18-9-8-17(13-6-7-15(24)10-13)28-21(18)16-11-14-12-19(23(2,25)26)29(4)22(30)20(14)27(16)3/h6-13H,5H2,1-4H3. The normalized spacial score (nSPS) is 18.9. The molecule has 2 aromatic heterocycles. The quantitative estimate of drug-likeness (QED) is 0.229. The van der Waals surface area contributed by atoms with E-state index in [0.29, 0.717) is 14.2 Å². The number of halogens is 4. The predicted molar refractivity (Wildman–Crippen MR) is 134 cm³/mol. The Bertz CT molecular complexity index is 1210. The van der Waals surface area contributed by atoms with Crippen molar-refractivity contribution in [3.05, 3.63) is 78.0 Å². The molecule has 0 N–H and O–H groups in total. The molecule has 1 aliphatic carbocycles. The van der Waals surface area contributed by atoms with Crippen LogP contribution in [0.4, 0.5) is 8.78 Å². The zero-order valence-corrected chi connectivity index (χ0v) is 21.3. The minimum absolute atomic E-state index is 0.00802. The van der Waals surface area contributed by atoms with Gasteiger partial charge < -0.3 is 0 Å². The summed E-state index contributed by atoms with van der Waals surface area (Å²) in [7, 11) is 1.43. The van der Waals surface area contributed by atoms with Gasteiger partial charge in [-0.15, -0.1) is 0 Å². The topological polar surface area (TPSA) is 34.9 Å². The maximum absolute atomic E-state index is 14.1. The molecule has 1 aliphatic heterocycles. The molecule has 1 unspecified atom stereocenters. The molecule has 0 spiro atoms. The van der Waals surface area contributed by atoms with Gasteiger partial charge in [0.1, 0.15) is 0 Å². The van der Waals surface area contributed by atoms with Gasteiger partial charge in [0.25, 0.3) is 0 Å². The van der Waals surface area contributed by atoms with Crippen molar-refractivity contribution in [2.75, 3.05) is 10.7 Å². The summed E-state index contributed by atoms with van der Waals surface area (Å²) in [6.45, 7) is 2.90. The Kier molecular flexibility index (Phi) is 6.22. The van der Waals surface area contributed by atoms with E-state index in [9.17, 15) is 13.6 Å². The summed E-state index contributed by atoms with van der Waals surface area (Å²) in [6.07, 6.45) is 7.73. The van der Waals surface area contributed by atoms with Gasteiger partial charge in [-0.25, -0.2) is 0 Å². The van der Waals surface area contributed by atoms with Crippen LogP contribution in [0.25, 0.3) is 9.66 Å². The van der Waals surface area contributed by atoms with Crippen molar-refractivity contribution in [3.8, 4) is 0 Å². The second-order valence-electron chi connectivity index (χ2n) is 7.47. The molecule has 31 heavy (non-hydrogen) atoms. The van der Waals surface area contributed by atoms with Gasteiger partial charge in [0.05, 0.1) is 0 Å². The van der Waals surface area contributed by atoms with Crippen molar-refractivity contribution < 1.29 is 8.78 Å². The first-order valence-corrected chi connectivity index (χ1v) is 15.4. The Hall–Kier alpha value is -1.45. The van der Waals surface area contributed by atoms with Crippen LogP contribution in [0.3, 0.4) is 0 Å². The molecule has 2 aliphatic rings. The number of rotatable bonds is 5. The van der Waals surface area contributed by atoms with Gasteiger partial charge >= 0.3 is 198 Å². The van der Waals surface area contributed by atoms with E-state index < -0.39 is 25.7 Å². The van der Waals surface area contributed by atoms with Crippen LogP contribution in [0, 0.1) is 3.57 Å². The zero-order chi connectivity index (χ0) is 22.5. The molecule has 0 aromatic carbocycles. The van der Waals surface area contributed by atoms with Crippen LogP contribution in [0.1, 0.15) is 42.4 Å². The fraction of sp³-hybridized carbons (Fsp3) is 0.304. The third-order valence-corrected chi connectivity index (χ3v) is 11.7. The van der Waals surface area contributed by atoms with Crippen LogP contribution in [-0.2, 0) is 13.0 Å². The van der Waals surface area contributed by atoms with E-state index in [4.69, 9.17) is 16.6 Å². The zero-order valence-electron chi connectivity index (χ0n) is 17.5. The second kappa shape index (κ2) is 8.48. The first-order chi connectivity index (χ1) is 14.6. The van der Waals surface area contributed by atoms with Crippen LogP contribution in [0.15, 0.2) is 51.1 Å². The molecule has 8 heteroatoms. The number of allylic oxidation sites excluding steroid dienone is 4. The van der Waals surface area contributed by atoms with Crippen LogP contribution >= 0.6 is 43.2 Å². The number of hydrogen-bond donors (Lipinski definition) is 0. The Labute approximate surface area is 196 Å². The molecule has 0 fully saturated rings. The third kappa shape index (κ3) is 4.16. The molecule has 3 nitrogen and oxygen atoms in total. The van der Waals surface area contributed by atoms with E-state index in [0.717, 1.165) is 37.1 Å². The van der Waals surface area contributed by atoms with Crippen molar-refractivity contribution in [1.82, 2.24) is 9.55 Å². The van der Waals surface area contributed by atoms with Gasteiger partial charge in [0, 0.05) is 0 Å². The molecule has 2 aromatic rings. The average Bonchev–Trinajstić information content (AvgIpc) is 3.28. The number of nitrogens with zero attached hydrogens (tertiary/aromatic N) is 2. The number of pyridine rings is 2. The van der Waals surface area contributed by atoms with E-state index in [1.54, 1.807) is 11.8 Å². The molecule has 4 rings (SSSR count). The molecule has 164 valence electrons. The van der Waals surface area contributed by atoms with Gasteiger partial charge in [-0.2, -0.15) is 0 Å². The number of alkyl halides is 3. The molecule has 0 saturated carbocycles. The number of fused-ring (bicyclic) bond motifs is 1. The minimum atomic E-state index is -3.09. The van der Waals surface area contributed by atoms with Gasteiger partial charge in [-0.3, -0.25) is 0 Å². The van der Waals surface area contributed by atoms with Gasteiger partial charge in [-0.1, -0.05) is 0 Å². The van der Waals surface area contributed by atoms with Gasteiger partial charge in [-0.05, 0) is 0 Å². The van der Waals surface area contributed by atoms with Crippen LogP contribution in [-0.4, -0.2) is 20.2 Å². The monoisotopic (exact) mass is 574 g/mol. The molecule has 0 saturated heterocycles. The van der Waals surface area contributed by atoms with Crippen molar-refractivity contribution in [3.63, 3.8) is 0 Å². The van der Waals surface area contributed by atoms with Crippen LogP contribution in [0.2, 0.25) is 0 Å². The van der Waals surface area contributed by atoms with Crippen LogP contribution in [0.5, 0.6) is 0 Å². The molecular formula is C23H22ClF2IN2OS. The molecule has 0 amide bonds. The Morgan fingerprint density at radius 3 is 2.71 bits per heavy atom. The van der Waals surface area contributed by atoms with E-state index in [1.165, 1.54) is 13.1 Å². The molecule has 0 bridgehead atoms. The fourth-order valence-corrected chi connectivity index (χ4v) is 9.79. The third-order valence-electron chi connectivity index (χ3n) is 5.27.